The minimum Gasteiger partial charge on any atom is -0.369 e. The largest absolute Gasteiger partial charge is 0.369 e. The Morgan fingerprint density at radius 3 is 2.39 bits per heavy atom. The van der Waals surface area contributed by atoms with Gasteiger partial charge >= 0.3 is 0 Å². The molecule has 0 radical (unpaired) electrons. The predicted octanol–water partition coefficient (Wildman–Crippen LogP) is 3.34. The molecule has 3 nitrogen and oxygen atoms in total. The fourth-order valence-electron chi connectivity index (χ4n) is 2.36. The lowest BCUT2D eigenvalue weighted by atomic mass is 9.97. The number of anilines is 1. The molecule has 0 saturated carbocycles. The quantitative estimate of drug-likeness (QED) is 0.738. The van der Waals surface area contributed by atoms with E-state index in [1.165, 1.54) is 5.56 Å². The highest BCUT2D eigenvalue weighted by Gasteiger charge is 2.16. The van der Waals surface area contributed by atoms with Gasteiger partial charge in [-0.25, -0.2) is 4.99 Å². The number of aliphatic imine (C=N–C) groups is 1. The molecule has 0 atom stereocenters. The smallest absolute Gasteiger partial charge is 0.198 e. The topological polar surface area (TPSA) is 50.4 Å². The third kappa shape index (κ3) is 1.56. The molecule has 0 amide bonds. The van der Waals surface area contributed by atoms with Crippen LogP contribution in [0.5, 0.6) is 0 Å². The van der Waals surface area contributed by atoms with E-state index in [1.807, 2.05) is 0 Å². The van der Waals surface area contributed by atoms with E-state index in [4.69, 9.17) is 5.73 Å². The van der Waals surface area contributed by atoms with Gasteiger partial charge in [0, 0.05) is 11.1 Å². The van der Waals surface area contributed by atoms with Gasteiger partial charge in [0.15, 0.2) is 5.96 Å². The Labute approximate surface area is 106 Å². The molecule has 0 saturated heterocycles. The van der Waals surface area contributed by atoms with E-state index in [1.54, 1.807) is 0 Å². The summed E-state index contributed by atoms with van der Waals surface area (Å²) < 4.78 is 0. The number of rotatable bonds is 0. The van der Waals surface area contributed by atoms with Crippen molar-refractivity contribution in [1.82, 2.24) is 0 Å². The van der Waals surface area contributed by atoms with Gasteiger partial charge in [0.25, 0.3) is 0 Å². The standard InChI is InChI=1S/C15H15N3/c1-9-5-3-7-11-12-8-4-6-10(2)14(12)18-15(16)17-13(9)11/h3-8H,1-2H3,(H3,16,17,18). The predicted molar refractivity (Wildman–Crippen MR) is 76.3 cm³/mol. The highest BCUT2D eigenvalue weighted by Crippen LogP contribution is 2.40. The molecule has 0 aliphatic carbocycles. The zero-order valence-electron chi connectivity index (χ0n) is 10.5. The number of aryl methyl sites for hydroxylation is 2. The van der Waals surface area contributed by atoms with E-state index in [0.29, 0.717) is 5.96 Å². The van der Waals surface area contributed by atoms with Crippen LogP contribution in [-0.2, 0) is 0 Å². The molecule has 0 unspecified atom stereocenters. The van der Waals surface area contributed by atoms with Gasteiger partial charge in [-0.05, 0) is 25.0 Å². The van der Waals surface area contributed by atoms with Crippen LogP contribution in [0.4, 0.5) is 11.4 Å². The van der Waals surface area contributed by atoms with E-state index in [0.717, 1.165) is 28.1 Å². The van der Waals surface area contributed by atoms with Gasteiger partial charge in [0.1, 0.15) is 0 Å². The number of fused-ring (bicyclic) bond motifs is 3. The van der Waals surface area contributed by atoms with Crippen LogP contribution in [-0.4, -0.2) is 5.96 Å². The van der Waals surface area contributed by atoms with E-state index in [9.17, 15) is 0 Å². The summed E-state index contributed by atoms with van der Waals surface area (Å²) >= 11 is 0. The Bertz CT molecular complexity index is 657. The first-order valence-electron chi connectivity index (χ1n) is 5.97. The minimum atomic E-state index is 0.443. The Morgan fingerprint density at radius 1 is 0.944 bits per heavy atom. The van der Waals surface area contributed by atoms with Gasteiger partial charge in [-0.15, -0.1) is 0 Å². The second kappa shape index (κ2) is 3.88. The average molecular weight is 237 g/mol. The molecule has 18 heavy (non-hydrogen) atoms. The first kappa shape index (κ1) is 10.8. The summed E-state index contributed by atoms with van der Waals surface area (Å²) in [6.45, 7) is 4.12. The molecule has 0 fully saturated rings. The summed E-state index contributed by atoms with van der Waals surface area (Å²) in [5.41, 5.74) is 12.5. The van der Waals surface area contributed by atoms with Crippen LogP contribution in [0.3, 0.4) is 0 Å². The second-order valence-electron chi connectivity index (χ2n) is 4.59. The number of guanidine groups is 1. The summed E-state index contributed by atoms with van der Waals surface area (Å²) in [4.78, 5) is 4.48. The fraction of sp³-hybridized carbons (Fsp3) is 0.133. The molecular formula is C15H15N3. The van der Waals surface area contributed by atoms with E-state index in [-0.39, 0.29) is 0 Å². The summed E-state index contributed by atoms with van der Waals surface area (Å²) in [6, 6.07) is 12.4. The molecule has 0 aromatic heterocycles. The van der Waals surface area contributed by atoms with Crippen molar-refractivity contribution < 1.29 is 0 Å². The van der Waals surface area contributed by atoms with Crippen LogP contribution in [0, 0.1) is 13.8 Å². The van der Waals surface area contributed by atoms with Crippen molar-refractivity contribution in [3.63, 3.8) is 0 Å². The van der Waals surface area contributed by atoms with Gasteiger partial charge in [-0.2, -0.15) is 0 Å². The maximum Gasteiger partial charge on any atom is 0.198 e. The molecule has 3 N–H and O–H groups in total. The Hall–Kier alpha value is -2.29. The number of para-hydroxylation sites is 2. The molecule has 1 heterocycles. The maximum atomic E-state index is 5.94. The summed E-state index contributed by atoms with van der Waals surface area (Å²) in [5.74, 6) is 0.443. The Kier molecular flexibility index (Phi) is 2.33. The number of hydrogen-bond acceptors (Lipinski definition) is 3. The van der Waals surface area contributed by atoms with E-state index in [2.05, 4.69) is 60.6 Å². The molecular weight excluding hydrogens is 222 g/mol. The monoisotopic (exact) mass is 237 g/mol. The minimum absolute atomic E-state index is 0.443. The first-order chi connectivity index (χ1) is 8.66. The molecule has 0 spiro atoms. The van der Waals surface area contributed by atoms with Crippen molar-refractivity contribution in [2.45, 2.75) is 13.8 Å². The maximum absolute atomic E-state index is 5.94. The number of nitrogens with zero attached hydrogens (tertiary/aromatic N) is 1. The van der Waals surface area contributed by atoms with Crippen molar-refractivity contribution in [2.75, 3.05) is 5.32 Å². The number of benzene rings is 2. The average Bonchev–Trinajstić information content (AvgIpc) is 2.48. The zero-order valence-corrected chi connectivity index (χ0v) is 10.5. The van der Waals surface area contributed by atoms with Crippen molar-refractivity contribution in [3.05, 3.63) is 47.5 Å². The van der Waals surface area contributed by atoms with Crippen molar-refractivity contribution in [2.24, 2.45) is 10.7 Å². The van der Waals surface area contributed by atoms with Gasteiger partial charge in [-0.1, -0.05) is 36.4 Å². The fourth-order valence-corrected chi connectivity index (χ4v) is 2.36. The number of nitrogens with two attached hydrogens (primary N) is 1. The molecule has 1 aliphatic rings. The highest BCUT2D eigenvalue weighted by molar-refractivity contribution is 6.04. The third-order valence-corrected chi connectivity index (χ3v) is 3.29. The number of hydrogen-bond donors (Lipinski definition) is 2. The van der Waals surface area contributed by atoms with E-state index < -0.39 is 0 Å². The molecule has 1 aliphatic heterocycles. The van der Waals surface area contributed by atoms with Gasteiger partial charge in [0.2, 0.25) is 0 Å². The van der Waals surface area contributed by atoms with Crippen LogP contribution >= 0.6 is 0 Å². The van der Waals surface area contributed by atoms with Crippen molar-refractivity contribution in [3.8, 4) is 11.1 Å². The highest BCUT2D eigenvalue weighted by atomic mass is 15.1. The van der Waals surface area contributed by atoms with Crippen LogP contribution in [0.15, 0.2) is 41.4 Å². The Morgan fingerprint density at radius 2 is 1.61 bits per heavy atom. The lowest BCUT2D eigenvalue weighted by Crippen LogP contribution is -2.22. The lowest BCUT2D eigenvalue weighted by Gasteiger charge is -2.12. The molecule has 2 aromatic carbocycles. The van der Waals surface area contributed by atoms with Gasteiger partial charge in [0.05, 0.1) is 11.4 Å². The first-order valence-corrected chi connectivity index (χ1v) is 5.97. The lowest BCUT2D eigenvalue weighted by molar-refractivity contribution is 1.39. The van der Waals surface area contributed by atoms with Crippen molar-refractivity contribution in [1.29, 1.82) is 0 Å². The van der Waals surface area contributed by atoms with Crippen molar-refractivity contribution >= 4 is 17.3 Å². The normalized spacial score (nSPS) is 12.9. The number of nitrogens with one attached hydrogen (secondary N) is 1. The molecule has 90 valence electrons. The van der Waals surface area contributed by atoms with Crippen LogP contribution in [0.1, 0.15) is 11.1 Å². The van der Waals surface area contributed by atoms with E-state index >= 15 is 0 Å². The molecule has 2 aromatic rings. The molecule has 3 rings (SSSR count). The molecule has 3 heteroatoms. The third-order valence-electron chi connectivity index (χ3n) is 3.29. The SMILES string of the molecule is Cc1cccc2c1N=C(N)Nc1c(C)cccc1-2. The van der Waals surface area contributed by atoms with Crippen LogP contribution in [0.2, 0.25) is 0 Å². The van der Waals surface area contributed by atoms with Gasteiger partial charge < -0.3 is 11.1 Å². The van der Waals surface area contributed by atoms with Crippen LogP contribution in [0.25, 0.3) is 11.1 Å². The molecule has 0 bridgehead atoms. The van der Waals surface area contributed by atoms with Gasteiger partial charge in [-0.3, -0.25) is 0 Å². The second-order valence-corrected chi connectivity index (χ2v) is 4.59. The summed E-state index contributed by atoms with van der Waals surface area (Å²) in [5, 5.41) is 3.19. The van der Waals surface area contributed by atoms with Crippen LogP contribution < -0.4 is 11.1 Å². The zero-order chi connectivity index (χ0) is 12.7. The Balaban J connectivity index is 2.40. The summed E-state index contributed by atoms with van der Waals surface area (Å²) in [7, 11) is 0. The summed E-state index contributed by atoms with van der Waals surface area (Å²) in [6.07, 6.45) is 0.